The number of benzene rings is 2. The Morgan fingerprint density at radius 3 is 2.34 bits per heavy atom. The van der Waals surface area contributed by atoms with Gasteiger partial charge in [-0.05, 0) is 87.0 Å². The molecular formula is C27H33NO. The molecule has 1 saturated carbocycles. The van der Waals surface area contributed by atoms with Crippen molar-refractivity contribution in [2.45, 2.75) is 57.8 Å². The zero-order chi connectivity index (χ0) is 20.6. The minimum Gasteiger partial charge on any atom is -0.508 e. The summed E-state index contributed by atoms with van der Waals surface area (Å²) >= 11 is 0. The zero-order valence-corrected chi connectivity index (χ0v) is 17.6. The predicted octanol–water partition coefficient (Wildman–Crippen LogP) is 7.75. The van der Waals surface area contributed by atoms with Gasteiger partial charge in [0.2, 0.25) is 0 Å². The first kappa shape index (κ1) is 21.1. The van der Waals surface area contributed by atoms with E-state index < -0.39 is 0 Å². The first-order valence-electron chi connectivity index (χ1n) is 10.8. The lowest BCUT2D eigenvalue weighted by Crippen LogP contribution is -2.13. The monoisotopic (exact) mass is 387 g/mol. The zero-order valence-electron chi connectivity index (χ0n) is 17.6. The van der Waals surface area contributed by atoms with Crippen molar-refractivity contribution in [2.24, 2.45) is 10.9 Å². The van der Waals surface area contributed by atoms with E-state index >= 15 is 0 Å². The number of hydrogen-bond acceptors (Lipinski definition) is 2. The van der Waals surface area contributed by atoms with Crippen LogP contribution in [0.4, 0.5) is 5.69 Å². The predicted molar refractivity (Wildman–Crippen MR) is 125 cm³/mol. The van der Waals surface area contributed by atoms with Gasteiger partial charge in [0.15, 0.2) is 0 Å². The van der Waals surface area contributed by atoms with Crippen molar-refractivity contribution in [3.63, 3.8) is 0 Å². The first-order chi connectivity index (χ1) is 14.2. The fraction of sp³-hybridized carbons (Fsp3) is 0.370. The first-order valence-corrected chi connectivity index (χ1v) is 10.8. The third kappa shape index (κ3) is 5.06. The molecule has 0 amide bonds. The summed E-state index contributed by atoms with van der Waals surface area (Å²) in [6.45, 7) is 9.57. The minimum atomic E-state index is 0.277. The Kier molecular flexibility index (Phi) is 7.46. The normalized spacial score (nSPS) is 19.3. The third-order valence-corrected chi connectivity index (χ3v) is 6.18. The SMILES string of the molecule is C=CCCC1CCC(c2ccc(-c3ccc(O)c(CC=C)c3N=CC)cc2)CC1. The highest BCUT2D eigenvalue weighted by Crippen LogP contribution is 2.41. The van der Waals surface area contributed by atoms with E-state index in [1.807, 2.05) is 25.1 Å². The number of phenolic OH excluding ortho intramolecular Hbond substituents is 1. The van der Waals surface area contributed by atoms with Crippen LogP contribution in [-0.2, 0) is 6.42 Å². The average Bonchev–Trinajstić information content (AvgIpc) is 2.76. The van der Waals surface area contributed by atoms with Crippen molar-refractivity contribution in [1.82, 2.24) is 0 Å². The van der Waals surface area contributed by atoms with Gasteiger partial charge in [-0.3, -0.25) is 4.99 Å². The summed E-state index contributed by atoms with van der Waals surface area (Å²) in [5, 5.41) is 10.3. The van der Waals surface area contributed by atoms with Gasteiger partial charge in [0.1, 0.15) is 5.75 Å². The van der Waals surface area contributed by atoms with E-state index in [9.17, 15) is 5.11 Å². The number of allylic oxidation sites excluding steroid dienone is 2. The lowest BCUT2D eigenvalue weighted by Gasteiger charge is -2.28. The summed E-state index contributed by atoms with van der Waals surface area (Å²) in [5.41, 5.74) is 5.30. The molecule has 0 bridgehead atoms. The minimum absolute atomic E-state index is 0.277. The van der Waals surface area contributed by atoms with Crippen LogP contribution >= 0.6 is 0 Å². The lowest BCUT2D eigenvalue weighted by molar-refractivity contribution is 0.312. The molecule has 0 saturated heterocycles. The number of hydrogen-bond donors (Lipinski definition) is 1. The summed E-state index contributed by atoms with van der Waals surface area (Å²) in [7, 11) is 0. The molecule has 0 heterocycles. The second-order valence-corrected chi connectivity index (χ2v) is 8.05. The fourth-order valence-corrected chi connectivity index (χ4v) is 4.55. The van der Waals surface area contributed by atoms with E-state index in [0.717, 1.165) is 34.7 Å². The average molecular weight is 388 g/mol. The van der Waals surface area contributed by atoms with Crippen molar-refractivity contribution < 1.29 is 5.11 Å². The Morgan fingerprint density at radius 1 is 1.00 bits per heavy atom. The van der Waals surface area contributed by atoms with E-state index in [1.165, 1.54) is 37.7 Å². The topological polar surface area (TPSA) is 32.6 Å². The van der Waals surface area contributed by atoms with E-state index in [-0.39, 0.29) is 5.75 Å². The van der Waals surface area contributed by atoms with Crippen LogP contribution in [0.1, 0.15) is 62.5 Å². The van der Waals surface area contributed by atoms with E-state index in [0.29, 0.717) is 12.3 Å². The maximum Gasteiger partial charge on any atom is 0.121 e. The van der Waals surface area contributed by atoms with Crippen molar-refractivity contribution >= 4 is 11.9 Å². The molecule has 0 radical (unpaired) electrons. The van der Waals surface area contributed by atoms with E-state index in [4.69, 9.17) is 0 Å². The van der Waals surface area contributed by atoms with Crippen LogP contribution in [0.15, 0.2) is 66.7 Å². The van der Waals surface area contributed by atoms with E-state index in [2.05, 4.69) is 42.4 Å². The van der Waals surface area contributed by atoms with Gasteiger partial charge in [-0.25, -0.2) is 0 Å². The standard InChI is InChI=1S/C27H33NO/c1-4-7-9-20-10-12-21(13-11-20)22-14-16-23(17-15-22)24-18-19-26(29)25(8-5-2)27(24)28-6-3/h4-6,14-21,29H,1-2,7-13H2,3H3. The second kappa shape index (κ2) is 10.2. The molecule has 0 spiro atoms. The summed E-state index contributed by atoms with van der Waals surface area (Å²) in [6.07, 6.45) is 13.9. The molecule has 0 unspecified atom stereocenters. The number of phenols is 1. The van der Waals surface area contributed by atoms with Gasteiger partial charge in [0.25, 0.3) is 0 Å². The highest BCUT2D eigenvalue weighted by atomic mass is 16.3. The van der Waals surface area contributed by atoms with Crippen molar-refractivity contribution in [3.05, 3.63) is 72.8 Å². The molecule has 2 heteroatoms. The number of aliphatic imine (C=N–C) groups is 1. The van der Waals surface area contributed by atoms with Crippen molar-refractivity contribution in [2.75, 3.05) is 0 Å². The molecule has 1 aliphatic rings. The van der Waals surface area contributed by atoms with Crippen molar-refractivity contribution in [3.8, 4) is 16.9 Å². The van der Waals surface area contributed by atoms with Gasteiger partial charge < -0.3 is 5.11 Å². The van der Waals surface area contributed by atoms with Crippen molar-refractivity contribution in [1.29, 1.82) is 0 Å². The molecule has 29 heavy (non-hydrogen) atoms. The maximum atomic E-state index is 10.3. The smallest absolute Gasteiger partial charge is 0.121 e. The Labute approximate surface area is 175 Å². The summed E-state index contributed by atoms with van der Waals surface area (Å²) < 4.78 is 0. The molecule has 0 aromatic heterocycles. The Morgan fingerprint density at radius 2 is 1.72 bits per heavy atom. The van der Waals surface area contributed by atoms with Gasteiger partial charge in [0, 0.05) is 17.3 Å². The van der Waals surface area contributed by atoms with E-state index in [1.54, 1.807) is 12.3 Å². The molecule has 3 rings (SSSR count). The summed E-state index contributed by atoms with van der Waals surface area (Å²) in [4.78, 5) is 4.57. The van der Waals surface area contributed by atoms with Crippen LogP contribution in [0.25, 0.3) is 11.1 Å². The van der Waals surface area contributed by atoms with Crippen LogP contribution in [-0.4, -0.2) is 11.3 Å². The molecule has 1 aliphatic carbocycles. The second-order valence-electron chi connectivity index (χ2n) is 8.05. The van der Waals surface area contributed by atoms with Crippen LogP contribution in [0.2, 0.25) is 0 Å². The largest absolute Gasteiger partial charge is 0.508 e. The third-order valence-electron chi connectivity index (χ3n) is 6.18. The molecule has 2 nitrogen and oxygen atoms in total. The highest BCUT2D eigenvalue weighted by molar-refractivity contribution is 5.82. The molecule has 0 atom stereocenters. The van der Waals surface area contributed by atoms with Gasteiger partial charge in [-0.1, -0.05) is 36.4 Å². The number of aromatic hydroxyl groups is 1. The van der Waals surface area contributed by atoms with Gasteiger partial charge >= 0.3 is 0 Å². The molecule has 1 fully saturated rings. The van der Waals surface area contributed by atoms with Crippen LogP contribution in [0.5, 0.6) is 5.75 Å². The van der Waals surface area contributed by atoms with Gasteiger partial charge in [0.05, 0.1) is 5.69 Å². The number of nitrogens with zero attached hydrogens (tertiary/aromatic N) is 1. The Hall–Kier alpha value is -2.61. The summed E-state index contributed by atoms with van der Waals surface area (Å²) in [5.74, 6) is 1.82. The van der Waals surface area contributed by atoms with Gasteiger partial charge in [-0.2, -0.15) is 0 Å². The maximum absolute atomic E-state index is 10.3. The summed E-state index contributed by atoms with van der Waals surface area (Å²) in [6, 6.07) is 12.7. The molecule has 1 N–H and O–H groups in total. The number of rotatable bonds is 8. The molecule has 2 aromatic carbocycles. The van der Waals surface area contributed by atoms with Crippen LogP contribution in [0, 0.1) is 5.92 Å². The van der Waals surface area contributed by atoms with Crippen LogP contribution in [0.3, 0.4) is 0 Å². The fourth-order valence-electron chi connectivity index (χ4n) is 4.55. The van der Waals surface area contributed by atoms with Crippen LogP contribution < -0.4 is 0 Å². The molecule has 152 valence electrons. The molecule has 0 aliphatic heterocycles. The molecule has 2 aromatic rings. The Balaban J connectivity index is 1.80. The highest BCUT2D eigenvalue weighted by Gasteiger charge is 2.22. The lowest BCUT2D eigenvalue weighted by atomic mass is 9.77. The quantitative estimate of drug-likeness (QED) is 0.364. The van der Waals surface area contributed by atoms with Gasteiger partial charge in [-0.15, -0.1) is 13.2 Å². The Bertz CT molecular complexity index is 855. The molecular weight excluding hydrogens is 354 g/mol.